The van der Waals surface area contributed by atoms with Crippen molar-refractivity contribution >= 4 is 40.6 Å². The maximum Gasteiger partial charge on any atom is 1.00 e. The molecule has 1 unspecified atom stereocenters. The van der Waals surface area contributed by atoms with Gasteiger partial charge in [0.05, 0.1) is 18.4 Å². The minimum absolute atomic E-state index is 0. The third-order valence-corrected chi connectivity index (χ3v) is 4.30. The van der Waals surface area contributed by atoms with Crippen LogP contribution in [0.5, 0.6) is 5.88 Å². The van der Waals surface area contributed by atoms with Gasteiger partial charge in [-0.25, -0.2) is 19.7 Å². The van der Waals surface area contributed by atoms with E-state index in [1.165, 1.54) is 18.3 Å². The molecule has 0 spiro atoms. The number of nitrogens with zero attached hydrogens (tertiary/aromatic N) is 4. The largest absolute Gasteiger partial charge is 1.00 e. The second-order valence-electron chi connectivity index (χ2n) is 6.63. The van der Waals surface area contributed by atoms with Gasteiger partial charge in [0.25, 0.3) is 5.91 Å². The minimum atomic E-state index is -1.40. The fourth-order valence-corrected chi connectivity index (χ4v) is 2.71. The number of carbonyl (C=O) groups excluding carboxylic acids is 2. The smallest absolute Gasteiger partial charge is 0.857 e. The molecular weight excluding hydrogens is 500 g/mol. The van der Waals surface area contributed by atoms with E-state index < -0.39 is 36.2 Å². The Morgan fingerprint density at radius 3 is 2.38 bits per heavy atom. The van der Waals surface area contributed by atoms with Crippen LogP contribution in [0, 0.1) is 0 Å². The number of carboxylic acids is 2. The van der Waals surface area contributed by atoms with Crippen LogP contribution >= 0.6 is 0 Å². The van der Waals surface area contributed by atoms with Crippen LogP contribution < -0.4 is 129 Å². The minimum Gasteiger partial charge on any atom is -0.857 e. The van der Waals surface area contributed by atoms with Crippen molar-refractivity contribution in [2.45, 2.75) is 25.4 Å². The number of hydrogen-bond acceptors (Lipinski definition) is 11. The molecule has 0 bridgehead atoms. The van der Waals surface area contributed by atoms with Gasteiger partial charge >= 0.3 is 109 Å². The molecule has 0 radical (unpaired) electrons. The molecule has 166 valence electrons. The molecule has 15 heteroatoms. The molecule has 0 aliphatic carbocycles. The zero-order valence-corrected chi connectivity index (χ0v) is 24.7. The van der Waals surface area contributed by atoms with E-state index in [1.54, 1.807) is 12.1 Å². The van der Waals surface area contributed by atoms with Crippen molar-refractivity contribution in [1.29, 1.82) is 0 Å². The molecule has 34 heavy (non-hydrogen) atoms. The van der Waals surface area contributed by atoms with Gasteiger partial charge in [-0.2, -0.15) is 4.98 Å². The normalized spacial score (nSPS) is 10.9. The molecule has 1 aromatic carbocycles. The van der Waals surface area contributed by atoms with E-state index >= 15 is 0 Å². The number of aliphatic carboxylic acids is 2. The molecule has 1 amide bonds. The zero-order valence-electron chi connectivity index (χ0n) is 18.4. The Morgan fingerprint density at radius 1 is 1.09 bits per heavy atom. The van der Waals surface area contributed by atoms with Gasteiger partial charge in [-0.05, 0) is 37.1 Å². The second-order valence-corrected chi connectivity index (χ2v) is 6.63. The summed E-state index contributed by atoms with van der Waals surface area (Å²) in [5.74, 6) is -4.22. The van der Waals surface area contributed by atoms with E-state index in [0.717, 1.165) is 0 Å². The molecule has 3 aromatic rings. The van der Waals surface area contributed by atoms with Crippen LogP contribution in [0.2, 0.25) is 0 Å². The average molecular weight is 518 g/mol. The standard InChI is InChI=1S/C19H19N7O6.2K/c20-19-25-15-14(17(30)26-19)23-11(8-22-15)7-21-10-3-1-9(2-4-10)16(29)24-12(18(31)32)5-6-13(27)28;;/h1-4,8,12,21H,5-7H2,(H,24,29)(H,27,28)(H,31,32)(H3,20,22,25,26,30);;/q;2*+1/p-2. The van der Waals surface area contributed by atoms with Gasteiger partial charge in [-0.1, -0.05) is 0 Å². The number of benzene rings is 1. The molecule has 0 saturated heterocycles. The predicted molar refractivity (Wildman–Crippen MR) is 106 cm³/mol. The molecular formula is C19H17K2N7O6. The van der Waals surface area contributed by atoms with Gasteiger partial charge in [0.2, 0.25) is 5.95 Å². The molecule has 2 heterocycles. The van der Waals surface area contributed by atoms with Crippen LogP contribution in [-0.2, 0) is 16.1 Å². The van der Waals surface area contributed by atoms with Crippen molar-refractivity contribution in [3.05, 3.63) is 41.7 Å². The quantitative estimate of drug-likeness (QED) is 0.194. The van der Waals surface area contributed by atoms with E-state index in [-0.39, 0.29) is 138 Å². The van der Waals surface area contributed by atoms with E-state index in [1.807, 2.05) is 0 Å². The Hall–Kier alpha value is -1.28. The summed E-state index contributed by atoms with van der Waals surface area (Å²) < 4.78 is 0. The molecule has 13 nitrogen and oxygen atoms in total. The van der Waals surface area contributed by atoms with Crippen molar-refractivity contribution in [1.82, 2.24) is 25.3 Å². The molecule has 1 atom stereocenters. The number of carbonyl (C=O) groups is 3. The van der Waals surface area contributed by atoms with Crippen molar-refractivity contribution in [2.75, 3.05) is 11.1 Å². The first kappa shape index (κ1) is 30.8. The molecule has 0 saturated carbocycles. The number of hydrogen-bond donors (Lipinski definition) is 4. The summed E-state index contributed by atoms with van der Waals surface area (Å²) in [5.41, 5.74) is 6.76. The van der Waals surface area contributed by atoms with E-state index in [2.05, 4.69) is 30.6 Å². The first-order valence-corrected chi connectivity index (χ1v) is 9.26. The second kappa shape index (κ2) is 14.3. The Kier molecular flexibility index (Phi) is 13.0. The number of nitrogen functional groups attached to an aromatic ring is 1. The van der Waals surface area contributed by atoms with Gasteiger partial charge < -0.3 is 36.5 Å². The van der Waals surface area contributed by atoms with E-state index in [4.69, 9.17) is 10.8 Å². The third-order valence-electron chi connectivity index (χ3n) is 4.30. The summed E-state index contributed by atoms with van der Waals surface area (Å²) in [6, 6.07) is 4.75. The summed E-state index contributed by atoms with van der Waals surface area (Å²) in [5, 5.41) is 36.8. The van der Waals surface area contributed by atoms with Gasteiger partial charge in [-0.3, -0.25) is 4.79 Å². The monoisotopic (exact) mass is 517 g/mol. The molecule has 2 aromatic heterocycles. The van der Waals surface area contributed by atoms with Crippen LogP contribution in [0.4, 0.5) is 11.6 Å². The van der Waals surface area contributed by atoms with Crippen molar-refractivity contribution in [2.24, 2.45) is 0 Å². The Balaban J connectivity index is 0.00000289. The number of carboxylic acid groups (broad SMARTS) is 2. The number of nitrogens with two attached hydrogens (primary N) is 1. The fourth-order valence-electron chi connectivity index (χ4n) is 2.71. The first-order valence-electron chi connectivity index (χ1n) is 9.26. The maximum absolute atomic E-state index is 12.2. The summed E-state index contributed by atoms with van der Waals surface area (Å²) >= 11 is 0. The summed E-state index contributed by atoms with van der Waals surface area (Å²) in [6.07, 6.45) is 0.644. The zero-order chi connectivity index (χ0) is 23.3. The number of amides is 1. The van der Waals surface area contributed by atoms with Gasteiger partial charge in [0, 0.05) is 23.1 Å². The number of aromatic nitrogens is 4. The van der Waals surface area contributed by atoms with E-state index in [9.17, 15) is 24.6 Å². The van der Waals surface area contributed by atoms with Crippen LogP contribution in [0.25, 0.3) is 11.2 Å². The molecule has 5 N–H and O–H groups in total. The number of anilines is 2. The van der Waals surface area contributed by atoms with Gasteiger partial charge in [-0.15, -0.1) is 0 Å². The summed E-state index contributed by atoms with van der Waals surface area (Å²) in [4.78, 5) is 49.5. The van der Waals surface area contributed by atoms with Crippen molar-refractivity contribution < 1.29 is 132 Å². The number of nitrogens with one attached hydrogen (secondary N) is 2. The maximum atomic E-state index is 12.2. The van der Waals surface area contributed by atoms with Crippen molar-refractivity contribution in [3.8, 4) is 5.88 Å². The SMILES string of the molecule is Nc1nc([O-])c2nc(CNc3ccc(C(=O)NC(CCC(=O)[O-])C(=O)O)cc3)cnc2n1.[K+].[K+]. The average Bonchev–Trinajstić information content (AvgIpc) is 2.75. The van der Waals surface area contributed by atoms with Crippen LogP contribution in [0.3, 0.4) is 0 Å². The Morgan fingerprint density at radius 2 is 1.76 bits per heavy atom. The first-order chi connectivity index (χ1) is 15.2. The third kappa shape index (κ3) is 8.74. The van der Waals surface area contributed by atoms with Crippen LogP contribution in [0.1, 0.15) is 28.9 Å². The summed E-state index contributed by atoms with van der Waals surface area (Å²) in [6.45, 7) is 0.211. The molecule has 0 aliphatic rings. The fraction of sp³-hybridized carbons (Fsp3) is 0.211. The van der Waals surface area contributed by atoms with Crippen LogP contribution in [-0.4, -0.2) is 48.9 Å². The number of fused-ring (bicyclic) bond motifs is 1. The van der Waals surface area contributed by atoms with Crippen molar-refractivity contribution in [3.63, 3.8) is 0 Å². The Labute approximate surface area is 278 Å². The Bertz CT molecular complexity index is 1180. The van der Waals surface area contributed by atoms with Crippen LogP contribution in [0.15, 0.2) is 30.5 Å². The predicted octanol–water partition coefficient (Wildman–Crippen LogP) is -7.59. The van der Waals surface area contributed by atoms with E-state index in [0.29, 0.717) is 11.4 Å². The number of rotatable bonds is 9. The van der Waals surface area contributed by atoms with Gasteiger partial charge in [0.1, 0.15) is 11.6 Å². The summed E-state index contributed by atoms with van der Waals surface area (Å²) in [7, 11) is 0. The molecule has 0 aliphatic heterocycles. The topological polar surface area (TPSA) is 219 Å². The molecule has 3 rings (SSSR count). The van der Waals surface area contributed by atoms with Gasteiger partial charge in [0.15, 0.2) is 5.65 Å². The molecule has 0 fully saturated rings.